The van der Waals surface area contributed by atoms with Gasteiger partial charge in [0.15, 0.2) is 23.3 Å². The lowest BCUT2D eigenvalue weighted by atomic mass is 10.1. The first-order chi connectivity index (χ1) is 26.3. The normalized spacial score (nSPS) is 12.8. The molecule has 6 aromatic rings. The molecule has 0 saturated heterocycles. The molecule has 53 heavy (non-hydrogen) atoms. The molecule has 0 saturated carbocycles. The van der Waals surface area contributed by atoms with Crippen molar-refractivity contribution in [2.45, 2.75) is 89.8 Å². The lowest BCUT2D eigenvalue weighted by Crippen LogP contribution is -2.32. The number of amidine groups is 4. The molecule has 0 N–H and O–H groups in total. The van der Waals surface area contributed by atoms with Gasteiger partial charge >= 0.3 is 0 Å². The number of nitrogens with zero attached hydrogens (tertiary/aromatic N) is 8. The van der Waals surface area contributed by atoms with Crippen LogP contribution in [-0.2, 0) is 6.67 Å². The summed E-state index contributed by atoms with van der Waals surface area (Å²) in [5.74, 6) is 4.18. The highest BCUT2D eigenvalue weighted by Gasteiger charge is 2.29. The molecule has 8 heteroatoms. The Labute approximate surface area is 314 Å². The summed E-state index contributed by atoms with van der Waals surface area (Å²) in [6.45, 7) is 24.4. The average Bonchev–Trinajstić information content (AvgIpc) is 3.96. The molecule has 274 valence electrons. The SMILES string of the molecule is CC.CC.CC.CC.CC.CC.c1ccc2c(c1)C1=NC2=Nc2c3ccccc3c3n2Cn2c(c4ccccc4c2=NC2=NC(=N3)c3ccccc32)=N1. The van der Waals surface area contributed by atoms with Crippen molar-refractivity contribution in [3.8, 4) is 0 Å². The number of aromatic nitrogens is 2. The van der Waals surface area contributed by atoms with Crippen LogP contribution in [0.2, 0.25) is 0 Å². The monoisotopic (exact) mass is 706 g/mol. The summed E-state index contributed by atoms with van der Waals surface area (Å²) in [4.78, 5) is 30.9. The molecule has 0 aliphatic carbocycles. The van der Waals surface area contributed by atoms with E-state index in [0.717, 1.165) is 66.4 Å². The van der Waals surface area contributed by atoms with E-state index in [1.807, 2.05) is 132 Å². The first-order valence-electron chi connectivity index (χ1n) is 19.5. The van der Waals surface area contributed by atoms with Crippen molar-refractivity contribution in [1.29, 1.82) is 0 Å². The van der Waals surface area contributed by atoms with E-state index in [9.17, 15) is 0 Å². The van der Waals surface area contributed by atoms with Gasteiger partial charge in [0, 0.05) is 43.8 Å². The Morgan fingerprint density at radius 2 is 0.604 bits per heavy atom. The van der Waals surface area contributed by atoms with E-state index in [-0.39, 0.29) is 0 Å². The molecule has 0 radical (unpaired) electrons. The van der Waals surface area contributed by atoms with Crippen molar-refractivity contribution >= 4 is 56.5 Å². The molecule has 0 atom stereocenters. The fourth-order valence-electron chi connectivity index (χ4n) is 6.35. The van der Waals surface area contributed by atoms with Gasteiger partial charge in [0.1, 0.15) is 29.3 Å². The summed E-state index contributed by atoms with van der Waals surface area (Å²) in [5, 5.41) is 4.02. The summed E-state index contributed by atoms with van der Waals surface area (Å²) in [6, 6.07) is 32.9. The zero-order valence-electron chi connectivity index (χ0n) is 33.5. The van der Waals surface area contributed by atoms with E-state index in [4.69, 9.17) is 30.0 Å². The van der Waals surface area contributed by atoms with Gasteiger partial charge in [-0.15, -0.1) is 0 Å². The maximum Gasteiger partial charge on any atom is 0.164 e. The second-order valence-corrected chi connectivity index (χ2v) is 10.4. The fourth-order valence-corrected chi connectivity index (χ4v) is 6.35. The van der Waals surface area contributed by atoms with Crippen LogP contribution >= 0.6 is 0 Å². The minimum Gasteiger partial charge on any atom is -0.291 e. The van der Waals surface area contributed by atoms with Crippen molar-refractivity contribution in [2.24, 2.45) is 30.0 Å². The fraction of sp³-hybridized carbons (Fsp3) is 0.289. The third-order valence-corrected chi connectivity index (χ3v) is 8.21. The number of aliphatic imine (C=N–C) groups is 4. The molecule has 8 nitrogen and oxygen atoms in total. The molecule has 0 fully saturated rings. The molecule has 6 heterocycles. The number of fused-ring (bicyclic) bond motifs is 14. The predicted molar refractivity (Wildman–Crippen MR) is 228 cm³/mol. The highest BCUT2D eigenvalue weighted by Crippen LogP contribution is 2.40. The van der Waals surface area contributed by atoms with Crippen molar-refractivity contribution in [3.05, 3.63) is 130 Å². The van der Waals surface area contributed by atoms with Crippen molar-refractivity contribution in [2.75, 3.05) is 0 Å². The molecule has 2 aromatic heterocycles. The van der Waals surface area contributed by atoms with E-state index in [0.29, 0.717) is 30.0 Å². The molecule has 6 bridgehead atoms. The van der Waals surface area contributed by atoms with Crippen LogP contribution in [0.5, 0.6) is 0 Å². The van der Waals surface area contributed by atoms with Gasteiger partial charge < -0.3 is 0 Å². The molecule has 4 aromatic carbocycles. The lowest BCUT2D eigenvalue weighted by molar-refractivity contribution is 0.584. The molecular formula is C45H54N8. The number of benzene rings is 4. The average molecular weight is 707 g/mol. The summed E-state index contributed by atoms with van der Waals surface area (Å²) in [7, 11) is 0. The minimum absolute atomic E-state index is 0.423. The molecule has 0 unspecified atom stereocenters. The van der Waals surface area contributed by atoms with Crippen LogP contribution in [0.15, 0.2) is 127 Å². The van der Waals surface area contributed by atoms with Gasteiger partial charge in [-0.25, -0.2) is 30.0 Å². The van der Waals surface area contributed by atoms with E-state index >= 15 is 0 Å². The van der Waals surface area contributed by atoms with Crippen LogP contribution < -0.4 is 11.0 Å². The first-order valence-corrected chi connectivity index (χ1v) is 19.5. The number of hydrogen-bond donors (Lipinski definition) is 0. The van der Waals surface area contributed by atoms with E-state index in [1.54, 1.807) is 0 Å². The van der Waals surface area contributed by atoms with Gasteiger partial charge in [0.25, 0.3) is 0 Å². The highest BCUT2D eigenvalue weighted by atomic mass is 15.3. The van der Waals surface area contributed by atoms with Gasteiger partial charge in [-0.3, -0.25) is 9.13 Å². The predicted octanol–water partition coefficient (Wildman–Crippen LogP) is 11.2. The smallest absolute Gasteiger partial charge is 0.164 e. The van der Waals surface area contributed by atoms with Crippen molar-refractivity contribution in [1.82, 2.24) is 9.13 Å². The Hall–Kier alpha value is -5.76. The molecule has 10 rings (SSSR count). The standard InChI is InChI=1S/C33H18N8.6C2H6/c1-2-10-19-18(9-1)26-34-27(19)37-31-24-15-7-8-16-25(24)33-39-29-21-12-4-3-11-20(21)28(35-29)38-32-23-14-6-5-13-22(23)30(36-26)40(32)17-41(31)33;6*1-2/h1-16H,17H2;6*1-2H3. The van der Waals surface area contributed by atoms with Crippen LogP contribution in [0.3, 0.4) is 0 Å². The van der Waals surface area contributed by atoms with Gasteiger partial charge in [-0.1, -0.05) is 180 Å². The zero-order valence-corrected chi connectivity index (χ0v) is 33.5. The Kier molecular flexibility index (Phi) is 14.1. The second-order valence-electron chi connectivity index (χ2n) is 10.4. The van der Waals surface area contributed by atoms with Crippen LogP contribution in [0.25, 0.3) is 21.5 Å². The van der Waals surface area contributed by atoms with Gasteiger partial charge in [-0.05, 0) is 0 Å². The van der Waals surface area contributed by atoms with Gasteiger partial charge in [0.2, 0.25) is 0 Å². The van der Waals surface area contributed by atoms with Gasteiger partial charge in [-0.2, -0.15) is 0 Å². The number of rotatable bonds is 0. The summed E-state index contributed by atoms with van der Waals surface area (Å²) >= 11 is 0. The quantitative estimate of drug-likeness (QED) is 0.151. The number of hydrogen-bond acceptors (Lipinski definition) is 6. The molecule has 4 aliphatic rings. The maximum absolute atomic E-state index is 5.22. The Balaban J connectivity index is 0.000000480. The third-order valence-electron chi connectivity index (χ3n) is 8.21. The molecule has 4 aliphatic heterocycles. The zero-order chi connectivity index (χ0) is 38.7. The van der Waals surface area contributed by atoms with Crippen LogP contribution in [-0.4, -0.2) is 32.5 Å². The topological polar surface area (TPSA) is 84.0 Å². The Morgan fingerprint density at radius 3 is 0.943 bits per heavy atom. The van der Waals surface area contributed by atoms with Crippen molar-refractivity contribution in [3.63, 3.8) is 0 Å². The van der Waals surface area contributed by atoms with Crippen molar-refractivity contribution < 1.29 is 0 Å². The first kappa shape index (κ1) is 40.0. The molecule has 0 spiro atoms. The van der Waals surface area contributed by atoms with E-state index < -0.39 is 0 Å². The third kappa shape index (κ3) is 6.93. The molecule has 0 amide bonds. The largest absolute Gasteiger partial charge is 0.291 e. The Bertz CT molecular complexity index is 2290. The van der Waals surface area contributed by atoms with E-state index in [1.165, 1.54) is 0 Å². The van der Waals surface area contributed by atoms with Crippen LogP contribution in [0.1, 0.15) is 105 Å². The summed E-state index contributed by atoms with van der Waals surface area (Å²) < 4.78 is 4.31. The van der Waals surface area contributed by atoms with Gasteiger partial charge in [0.05, 0.1) is 0 Å². The summed E-state index contributed by atoms with van der Waals surface area (Å²) in [5.41, 5.74) is 5.45. The summed E-state index contributed by atoms with van der Waals surface area (Å²) in [6.07, 6.45) is 0. The Morgan fingerprint density at radius 1 is 0.321 bits per heavy atom. The second kappa shape index (κ2) is 18.6. The molecular weight excluding hydrogens is 653 g/mol. The lowest BCUT2D eigenvalue weighted by Gasteiger charge is -2.12. The van der Waals surface area contributed by atoms with E-state index in [2.05, 4.69) is 57.7 Å². The van der Waals surface area contributed by atoms with Crippen LogP contribution in [0, 0.1) is 0 Å². The maximum atomic E-state index is 5.22. The van der Waals surface area contributed by atoms with Crippen LogP contribution in [0.4, 0.5) is 11.6 Å². The minimum atomic E-state index is 0.423. The highest BCUT2D eigenvalue weighted by molar-refractivity contribution is 6.25.